The van der Waals surface area contributed by atoms with Crippen molar-refractivity contribution in [2.45, 2.75) is 31.3 Å². The van der Waals surface area contributed by atoms with Gasteiger partial charge in [0.05, 0.1) is 5.92 Å². The third-order valence-corrected chi connectivity index (χ3v) is 3.95. The molecule has 1 aliphatic carbocycles. The maximum atomic E-state index is 4.37. The van der Waals surface area contributed by atoms with Gasteiger partial charge in [0.25, 0.3) is 0 Å². The van der Waals surface area contributed by atoms with E-state index in [0.717, 1.165) is 18.9 Å². The first kappa shape index (κ1) is 10.3. The standard InChI is InChI=1S/C14H16N4/c1-2-4-12-10(3-1)7-15-8-13(12)14-17-16-9-18(14)11-5-6-11/h1-4,9,11,13,15H,5-8H2. The maximum Gasteiger partial charge on any atom is 0.141 e. The molecule has 4 rings (SSSR count). The Balaban J connectivity index is 1.79. The monoisotopic (exact) mass is 240 g/mol. The summed E-state index contributed by atoms with van der Waals surface area (Å²) in [5.74, 6) is 1.47. The molecule has 4 heteroatoms. The molecule has 2 aliphatic rings. The molecule has 1 N–H and O–H groups in total. The lowest BCUT2D eigenvalue weighted by molar-refractivity contribution is 0.543. The smallest absolute Gasteiger partial charge is 0.141 e. The molecule has 92 valence electrons. The normalized spacial score (nSPS) is 22.8. The van der Waals surface area contributed by atoms with Crippen molar-refractivity contribution < 1.29 is 0 Å². The van der Waals surface area contributed by atoms with Gasteiger partial charge in [0, 0.05) is 19.1 Å². The van der Waals surface area contributed by atoms with Gasteiger partial charge in [-0.2, -0.15) is 0 Å². The molecule has 18 heavy (non-hydrogen) atoms. The molecule has 1 fully saturated rings. The maximum absolute atomic E-state index is 4.37. The van der Waals surface area contributed by atoms with Crippen molar-refractivity contribution in [3.63, 3.8) is 0 Å². The summed E-state index contributed by atoms with van der Waals surface area (Å²) in [5, 5.41) is 12.0. The van der Waals surface area contributed by atoms with E-state index < -0.39 is 0 Å². The first-order chi connectivity index (χ1) is 8.93. The second kappa shape index (κ2) is 3.92. The van der Waals surface area contributed by atoms with E-state index >= 15 is 0 Å². The van der Waals surface area contributed by atoms with E-state index in [9.17, 15) is 0 Å². The van der Waals surface area contributed by atoms with E-state index in [1.54, 1.807) is 0 Å². The van der Waals surface area contributed by atoms with Gasteiger partial charge in [-0.3, -0.25) is 0 Å². The largest absolute Gasteiger partial charge is 0.314 e. The van der Waals surface area contributed by atoms with Gasteiger partial charge in [0.15, 0.2) is 0 Å². The highest BCUT2D eigenvalue weighted by Gasteiger charge is 2.31. The molecule has 2 heterocycles. The third kappa shape index (κ3) is 1.56. The molecule has 0 amide bonds. The number of benzene rings is 1. The number of fused-ring (bicyclic) bond motifs is 1. The van der Waals surface area contributed by atoms with Gasteiger partial charge < -0.3 is 9.88 Å². The summed E-state index contributed by atoms with van der Waals surface area (Å²) in [7, 11) is 0. The fourth-order valence-electron chi connectivity index (χ4n) is 2.86. The molecule has 1 aliphatic heterocycles. The second-order valence-corrected chi connectivity index (χ2v) is 5.21. The number of nitrogens with zero attached hydrogens (tertiary/aromatic N) is 3. The first-order valence-electron chi connectivity index (χ1n) is 6.61. The molecule has 0 spiro atoms. The first-order valence-corrected chi connectivity index (χ1v) is 6.61. The molecule has 1 aromatic carbocycles. The highest BCUT2D eigenvalue weighted by Crippen LogP contribution is 2.38. The highest BCUT2D eigenvalue weighted by molar-refractivity contribution is 5.36. The Morgan fingerprint density at radius 1 is 1.22 bits per heavy atom. The van der Waals surface area contributed by atoms with Crippen LogP contribution >= 0.6 is 0 Å². The van der Waals surface area contributed by atoms with Crippen LogP contribution in [0.1, 0.15) is 41.8 Å². The van der Waals surface area contributed by atoms with Gasteiger partial charge >= 0.3 is 0 Å². The number of hydrogen-bond acceptors (Lipinski definition) is 3. The quantitative estimate of drug-likeness (QED) is 0.871. The van der Waals surface area contributed by atoms with Crippen LogP contribution in [0.4, 0.5) is 0 Å². The van der Waals surface area contributed by atoms with E-state index in [-0.39, 0.29) is 0 Å². The summed E-state index contributed by atoms with van der Waals surface area (Å²) < 4.78 is 2.27. The lowest BCUT2D eigenvalue weighted by atomic mass is 9.90. The lowest BCUT2D eigenvalue weighted by Gasteiger charge is -2.26. The molecular weight excluding hydrogens is 224 g/mol. The second-order valence-electron chi connectivity index (χ2n) is 5.21. The van der Waals surface area contributed by atoms with Gasteiger partial charge in [-0.25, -0.2) is 0 Å². The van der Waals surface area contributed by atoms with E-state index in [1.807, 2.05) is 6.33 Å². The zero-order valence-electron chi connectivity index (χ0n) is 10.2. The van der Waals surface area contributed by atoms with Crippen LogP contribution in [0.5, 0.6) is 0 Å². The van der Waals surface area contributed by atoms with Gasteiger partial charge in [-0.1, -0.05) is 24.3 Å². The Labute approximate surface area is 106 Å². The fraction of sp³-hybridized carbons (Fsp3) is 0.429. The van der Waals surface area contributed by atoms with Crippen LogP contribution in [-0.4, -0.2) is 21.3 Å². The van der Waals surface area contributed by atoms with E-state index in [1.165, 1.54) is 24.0 Å². The fourth-order valence-corrected chi connectivity index (χ4v) is 2.86. The number of aromatic nitrogens is 3. The summed E-state index contributed by atoms with van der Waals surface area (Å²) in [6.07, 6.45) is 4.43. The summed E-state index contributed by atoms with van der Waals surface area (Å²) in [5.41, 5.74) is 2.80. The molecule has 1 unspecified atom stereocenters. The Bertz CT molecular complexity index is 571. The molecule has 0 saturated heterocycles. The van der Waals surface area contributed by atoms with Crippen LogP contribution in [0.2, 0.25) is 0 Å². The van der Waals surface area contributed by atoms with Crippen LogP contribution in [0.3, 0.4) is 0 Å². The molecular formula is C14H16N4. The predicted molar refractivity (Wildman–Crippen MR) is 68.3 cm³/mol. The lowest BCUT2D eigenvalue weighted by Crippen LogP contribution is -2.30. The summed E-state index contributed by atoms with van der Waals surface area (Å²) in [4.78, 5) is 0. The van der Waals surface area contributed by atoms with Crippen molar-refractivity contribution in [3.8, 4) is 0 Å². The average molecular weight is 240 g/mol. The number of hydrogen-bond donors (Lipinski definition) is 1. The molecule has 1 aromatic heterocycles. The van der Waals surface area contributed by atoms with Crippen molar-refractivity contribution in [1.29, 1.82) is 0 Å². The van der Waals surface area contributed by atoms with Gasteiger partial charge in [0.2, 0.25) is 0 Å². The Hall–Kier alpha value is -1.68. The van der Waals surface area contributed by atoms with Gasteiger partial charge in [0.1, 0.15) is 12.2 Å². The average Bonchev–Trinajstić information content (AvgIpc) is 3.16. The topological polar surface area (TPSA) is 42.7 Å². The van der Waals surface area contributed by atoms with E-state index in [4.69, 9.17) is 0 Å². The molecule has 1 atom stereocenters. The van der Waals surface area contributed by atoms with Crippen LogP contribution in [-0.2, 0) is 6.54 Å². The van der Waals surface area contributed by atoms with Crippen molar-refractivity contribution in [1.82, 2.24) is 20.1 Å². The van der Waals surface area contributed by atoms with Crippen molar-refractivity contribution in [2.24, 2.45) is 0 Å². The van der Waals surface area contributed by atoms with E-state index in [2.05, 4.69) is 44.3 Å². The molecule has 0 bridgehead atoms. The van der Waals surface area contributed by atoms with Crippen LogP contribution in [0, 0.1) is 0 Å². The molecule has 0 radical (unpaired) electrons. The minimum Gasteiger partial charge on any atom is -0.314 e. The summed E-state index contributed by atoms with van der Waals surface area (Å²) in [6.45, 7) is 1.92. The van der Waals surface area contributed by atoms with Gasteiger partial charge in [-0.05, 0) is 24.0 Å². The summed E-state index contributed by atoms with van der Waals surface area (Å²) >= 11 is 0. The Morgan fingerprint density at radius 2 is 2.11 bits per heavy atom. The number of nitrogens with one attached hydrogen (secondary N) is 1. The van der Waals surface area contributed by atoms with Crippen LogP contribution in [0.25, 0.3) is 0 Å². The minimum atomic E-state index is 0.345. The zero-order valence-corrected chi connectivity index (χ0v) is 10.2. The number of rotatable bonds is 2. The van der Waals surface area contributed by atoms with Crippen LogP contribution in [0.15, 0.2) is 30.6 Å². The van der Waals surface area contributed by atoms with Crippen molar-refractivity contribution in [3.05, 3.63) is 47.5 Å². The molecule has 2 aromatic rings. The van der Waals surface area contributed by atoms with Gasteiger partial charge in [-0.15, -0.1) is 10.2 Å². The SMILES string of the molecule is c1ccc2c(c1)CNCC2c1nncn1C1CC1. The molecule has 4 nitrogen and oxygen atoms in total. The Morgan fingerprint density at radius 3 is 3.00 bits per heavy atom. The molecule has 1 saturated carbocycles. The van der Waals surface area contributed by atoms with Crippen LogP contribution < -0.4 is 5.32 Å². The minimum absolute atomic E-state index is 0.345. The predicted octanol–water partition coefficient (Wildman–Crippen LogP) is 1.85. The third-order valence-electron chi connectivity index (χ3n) is 3.95. The Kier molecular flexibility index (Phi) is 2.23. The highest BCUT2D eigenvalue weighted by atomic mass is 15.3. The van der Waals surface area contributed by atoms with E-state index in [0.29, 0.717) is 12.0 Å². The summed E-state index contributed by atoms with van der Waals surface area (Å²) in [6, 6.07) is 9.30. The zero-order chi connectivity index (χ0) is 11.9. The van der Waals surface area contributed by atoms with Crippen molar-refractivity contribution in [2.75, 3.05) is 6.54 Å². The van der Waals surface area contributed by atoms with Crippen molar-refractivity contribution >= 4 is 0 Å².